The van der Waals surface area contributed by atoms with Gasteiger partial charge in [-0.1, -0.05) is 0 Å². The zero-order valence-electron chi connectivity index (χ0n) is 13.4. The lowest BCUT2D eigenvalue weighted by atomic mass is 10.2. The number of hydrogen-bond acceptors (Lipinski definition) is 5. The van der Waals surface area contributed by atoms with Gasteiger partial charge >= 0.3 is 0 Å². The van der Waals surface area contributed by atoms with E-state index in [9.17, 15) is 9.90 Å². The van der Waals surface area contributed by atoms with Crippen LogP contribution in [0.4, 0.5) is 5.82 Å². The van der Waals surface area contributed by atoms with Crippen molar-refractivity contribution in [3.05, 3.63) is 36.0 Å². The number of aromatic nitrogens is 2. The maximum atomic E-state index is 12.3. The lowest BCUT2D eigenvalue weighted by Crippen LogP contribution is -2.18. The maximum Gasteiger partial charge on any atom is 0.257 e. The number of aryl methyl sites for hydroxylation is 1. The fourth-order valence-corrected chi connectivity index (χ4v) is 2.08. The Kier molecular flexibility index (Phi) is 5.59. The van der Waals surface area contributed by atoms with Crippen LogP contribution in [-0.2, 0) is 11.3 Å². The lowest BCUT2D eigenvalue weighted by molar-refractivity contribution is 0.0915. The first-order valence-corrected chi connectivity index (χ1v) is 7.36. The van der Waals surface area contributed by atoms with Gasteiger partial charge in [-0.2, -0.15) is 5.10 Å². The molecule has 1 atom stereocenters. The van der Waals surface area contributed by atoms with Crippen LogP contribution in [0.2, 0.25) is 0 Å². The molecular weight excluding hydrogens is 298 g/mol. The van der Waals surface area contributed by atoms with Gasteiger partial charge in [0.15, 0.2) is 5.82 Å². The van der Waals surface area contributed by atoms with Crippen LogP contribution in [0.3, 0.4) is 0 Å². The molecule has 0 radical (unpaired) electrons. The summed E-state index contributed by atoms with van der Waals surface area (Å²) in [7, 11) is 1.58. The van der Waals surface area contributed by atoms with E-state index >= 15 is 0 Å². The molecule has 0 saturated carbocycles. The Hall–Kier alpha value is -2.54. The molecule has 1 heterocycles. The number of hydrogen-bond donors (Lipinski definition) is 2. The Balaban J connectivity index is 2.11. The number of rotatable bonds is 7. The summed E-state index contributed by atoms with van der Waals surface area (Å²) in [6, 6.07) is 6.11. The topological polar surface area (TPSA) is 85.6 Å². The average molecular weight is 319 g/mol. The third-order valence-electron chi connectivity index (χ3n) is 3.10. The summed E-state index contributed by atoms with van der Waals surface area (Å²) in [6.07, 6.45) is 1.58. The molecule has 1 amide bonds. The van der Waals surface area contributed by atoms with Gasteiger partial charge in [-0.25, -0.2) is 0 Å². The molecule has 0 saturated heterocycles. The minimum atomic E-state index is -0.369. The molecule has 0 aliphatic rings. The van der Waals surface area contributed by atoms with Crippen molar-refractivity contribution in [2.45, 2.75) is 26.5 Å². The van der Waals surface area contributed by atoms with Crippen molar-refractivity contribution in [3.63, 3.8) is 0 Å². The van der Waals surface area contributed by atoms with E-state index in [0.29, 0.717) is 18.2 Å². The van der Waals surface area contributed by atoms with Gasteiger partial charge in [0.25, 0.3) is 5.91 Å². The molecule has 7 heteroatoms. The third-order valence-corrected chi connectivity index (χ3v) is 3.10. The molecule has 2 rings (SSSR count). The van der Waals surface area contributed by atoms with Gasteiger partial charge in [-0.15, -0.1) is 0 Å². The Labute approximate surface area is 134 Å². The van der Waals surface area contributed by atoms with Gasteiger partial charge in [0.05, 0.1) is 6.61 Å². The Bertz CT molecular complexity index is 669. The quantitative estimate of drug-likeness (QED) is 0.817. The zero-order chi connectivity index (χ0) is 16.8. The van der Waals surface area contributed by atoms with Crippen molar-refractivity contribution in [3.8, 4) is 11.5 Å². The van der Waals surface area contributed by atoms with Crippen LogP contribution in [0.1, 0.15) is 24.2 Å². The van der Waals surface area contributed by atoms with E-state index in [1.165, 1.54) is 12.1 Å². The van der Waals surface area contributed by atoms with Crippen molar-refractivity contribution in [1.29, 1.82) is 0 Å². The highest BCUT2D eigenvalue weighted by molar-refractivity contribution is 6.04. The molecule has 0 bridgehead atoms. The second-order valence-corrected chi connectivity index (χ2v) is 5.11. The summed E-state index contributed by atoms with van der Waals surface area (Å²) >= 11 is 0. The molecular formula is C16H21N3O4. The first-order valence-electron chi connectivity index (χ1n) is 7.36. The fraction of sp³-hybridized carbons (Fsp3) is 0.375. The summed E-state index contributed by atoms with van der Waals surface area (Å²) in [5.74, 6) is 0.442. The minimum Gasteiger partial charge on any atom is -0.508 e. The van der Waals surface area contributed by atoms with Crippen LogP contribution in [-0.4, -0.2) is 40.6 Å². The molecule has 2 N–H and O–H groups in total. The van der Waals surface area contributed by atoms with Crippen molar-refractivity contribution in [2.24, 2.45) is 0 Å². The average Bonchev–Trinajstić information content (AvgIpc) is 2.94. The zero-order valence-corrected chi connectivity index (χ0v) is 13.4. The fourth-order valence-electron chi connectivity index (χ4n) is 2.08. The van der Waals surface area contributed by atoms with E-state index in [2.05, 4.69) is 10.4 Å². The van der Waals surface area contributed by atoms with Gasteiger partial charge in [0.2, 0.25) is 0 Å². The summed E-state index contributed by atoms with van der Waals surface area (Å²) < 4.78 is 12.3. The van der Waals surface area contributed by atoms with Gasteiger partial charge in [-0.05, 0) is 26.0 Å². The normalized spacial score (nSPS) is 12.0. The number of nitrogens with one attached hydrogen (secondary N) is 1. The highest BCUT2D eigenvalue weighted by Gasteiger charge is 2.12. The molecule has 1 aromatic heterocycles. The van der Waals surface area contributed by atoms with E-state index in [1.807, 2.05) is 13.8 Å². The van der Waals surface area contributed by atoms with Gasteiger partial charge < -0.3 is 19.9 Å². The van der Waals surface area contributed by atoms with Crippen molar-refractivity contribution in [1.82, 2.24) is 9.78 Å². The van der Waals surface area contributed by atoms with Crippen molar-refractivity contribution >= 4 is 11.7 Å². The van der Waals surface area contributed by atoms with Crippen molar-refractivity contribution in [2.75, 3.05) is 19.0 Å². The highest BCUT2D eigenvalue weighted by atomic mass is 16.5. The number of anilines is 1. The number of phenolic OH excluding ortho intramolecular Hbond substituents is 1. The van der Waals surface area contributed by atoms with Crippen LogP contribution >= 0.6 is 0 Å². The first kappa shape index (κ1) is 16.8. The third kappa shape index (κ3) is 4.72. The molecule has 0 aliphatic carbocycles. The second kappa shape index (κ2) is 7.64. The first-order chi connectivity index (χ1) is 11.0. The van der Waals surface area contributed by atoms with Gasteiger partial charge in [0.1, 0.15) is 17.6 Å². The van der Waals surface area contributed by atoms with E-state index < -0.39 is 0 Å². The van der Waals surface area contributed by atoms with Gasteiger partial charge in [0, 0.05) is 37.5 Å². The maximum absolute atomic E-state index is 12.3. The number of carbonyl (C=O) groups excluding carboxylic acids is 1. The predicted octanol–water partition coefficient (Wildman–Crippen LogP) is 2.27. The molecule has 1 unspecified atom stereocenters. The van der Waals surface area contributed by atoms with Crippen molar-refractivity contribution < 1.29 is 19.4 Å². The smallest absolute Gasteiger partial charge is 0.257 e. The number of nitrogens with zero attached hydrogens (tertiary/aromatic N) is 2. The standard InChI is InChI=1S/C16H21N3O4/c1-4-19-6-5-15(18-19)17-16(21)12-7-13(20)9-14(8-12)23-11(2)10-22-3/h5-9,11,20H,4,10H2,1-3H3,(H,17,18,21). The molecule has 0 spiro atoms. The molecule has 124 valence electrons. The molecule has 23 heavy (non-hydrogen) atoms. The minimum absolute atomic E-state index is 0.0450. The number of ether oxygens (including phenoxy) is 2. The Morgan fingerprint density at radius 2 is 2.22 bits per heavy atom. The summed E-state index contributed by atoms with van der Waals surface area (Å²) in [4.78, 5) is 12.3. The monoisotopic (exact) mass is 319 g/mol. The molecule has 0 fully saturated rings. The Morgan fingerprint density at radius 3 is 2.87 bits per heavy atom. The summed E-state index contributed by atoms with van der Waals surface area (Å²) in [5, 5.41) is 16.7. The van der Waals surface area contributed by atoms with Crippen LogP contribution in [0.5, 0.6) is 11.5 Å². The van der Waals surface area contributed by atoms with E-state index in [-0.39, 0.29) is 23.3 Å². The van der Waals surface area contributed by atoms with E-state index in [1.54, 1.807) is 30.1 Å². The summed E-state index contributed by atoms with van der Waals surface area (Å²) in [6.45, 7) is 4.92. The largest absolute Gasteiger partial charge is 0.508 e. The predicted molar refractivity (Wildman–Crippen MR) is 85.9 cm³/mol. The lowest BCUT2D eigenvalue weighted by Gasteiger charge is -2.14. The molecule has 2 aromatic rings. The molecule has 0 aliphatic heterocycles. The van der Waals surface area contributed by atoms with Crippen LogP contribution in [0, 0.1) is 0 Å². The number of methoxy groups -OCH3 is 1. The van der Waals surface area contributed by atoms with E-state index in [4.69, 9.17) is 9.47 Å². The van der Waals surface area contributed by atoms with Crippen LogP contribution in [0.15, 0.2) is 30.5 Å². The van der Waals surface area contributed by atoms with Gasteiger partial charge in [-0.3, -0.25) is 9.48 Å². The number of benzene rings is 1. The molecule has 1 aromatic carbocycles. The second-order valence-electron chi connectivity index (χ2n) is 5.11. The number of amides is 1. The summed E-state index contributed by atoms with van der Waals surface area (Å²) in [5.41, 5.74) is 0.288. The highest BCUT2D eigenvalue weighted by Crippen LogP contribution is 2.23. The number of aromatic hydroxyl groups is 1. The number of carbonyl (C=O) groups is 1. The molecule has 7 nitrogen and oxygen atoms in total. The number of phenols is 1. The SMILES string of the molecule is CCn1ccc(NC(=O)c2cc(O)cc(OC(C)COC)c2)n1. The Morgan fingerprint density at radius 1 is 1.43 bits per heavy atom. The van der Waals surface area contributed by atoms with Crippen LogP contribution in [0.25, 0.3) is 0 Å². The van der Waals surface area contributed by atoms with Crippen LogP contribution < -0.4 is 10.1 Å². The van der Waals surface area contributed by atoms with E-state index in [0.717, 1.165) is 6.54 Å².